The molecule has 11 heavy (non-hydrogen) atoms. The average molecular weight is 159 g/mol. The van der Waals surface area contributed by atoms with Gasteiger partial charge in [-0.15, -0.1) is 0 Å². The quantitative estimate of drug-likeness (QED) is 0.622. The molecule has 0 radical (unpaired) electrons. The fraction of sp³-hybridized carbons (Fsp3) is 1.00. The third-order valence-electron chi connectivity index (χ3n) is 2.19. The highest BCUT2D eigenvalue weighted by Crippen LogP contribution is 2.39. The zero-order valence-corrected chi connectivity index (χ0v) is 8.48. The fourth-order valence-electron chi connectivity index (χ4n) is 1.13. The van der Waals surface area contributed by atoms with Crippen molar-refractivity contribution < 1.29 is 4.74 Å². The summed E-state index contributed by atoms with van der Waals surface area (Å²) in [5, 5.41) is 0. The smallest absolute Gasteiger partial charge is 0.0646 e. The molecule has 0 spiro atoms. The molecule has 1 saturated carbocycles. The summed E-state index contributed by atoms with van der Waals surface area (Å²) in [6, 6.07) is 0. The van der Waals surface area contributed by atoms with Crippen molar-refractivity contribution in [2.75, 3.05) is 27.8 Å². The summed E-state index contributed by atoms with van der Waals surface area (Å²) in [5.41, 5.74) is 0.411. The number of hydrogen-bond donors (Lipinski definition) is 0. The SMILES string of the molecule is CC.COCC1(N(C)C)CC1. The first-order valence-electron chi connectivity index (χ1n) is 4.38. The average Bonchev–Trinajstić information content (AvgIpc) is 2.75. The van der Waals surface area contributed by atoms with E-state index in [1.165, 1.54) is 12.8 Å². The Morgan fingerprint density at radius 3 is 1.82 bits per heavy atom. The van der Waals surface area contributed by atoms with Gasteiger partial charge in [0.15, 0.2) is 0 Å². The molecular weight excluding hydrogens is 138 g/mol. The molecule has 0 saturated heterocycles. The Labute approximate surface area is 70.5 Å². The lowest BCUT2D eigenvalue weighted by Crippen LogP contribution is -2.34. The van der Waals surface area contributed by atoms with Gasteiger partial charge in [-0.05, 0) is 26.9 Å². The monoisotopic (exact) mass is 159 g/mol. The van der Waals surface area contributed by atoms with Gasteiger partial charge >= 0.3 is 0 Å². The van der Waals surface area contributed by atoms with Gasteiger partial charge in [0, 0.05) is 12.6 Å². The van der Waals surface area contributed by atoms with Crippen LogP contribution >= 0.6 is 0 Å². The van der Waals surface area contributed by atoms with Crippen LogP contribution in [0.2, 0.25) is 0 Å². The van der Waals surface area contributed by atoms with Crippen LogP contribution in [0.25, 0.3) is 0 Å². The number of hydrogen-bond acceptors (Lipinski definition) is 2. The first-order chi connectivity index (χ1) is 5.21. The summed E-state index contributed by atoms with van der Waals surface area (Å²) in [6.45, 7) is 4.89. The van der Waals surface area contributed by atoms with Gasteiger partial charge in [-0.3, -0.25) is 0 Å². The molecule has 0 atom stereocenters. The molecule has 2 heteroatoms. The minimum Gasteiger partial charge on any atom is -0.383 e. The van der Waals surface area contributed by atoms with Gasteiger partial charge in [0.25, 0.3) is 0 Å². The van der Waals surface area contributed by atoms with Crippen molar-refractivity contribution in [3.8, 4) is 0 Å². The van der Waals surface area contributed by atoms with Gasteiger partial charge in [-0.25, -0.2) is 0 Å². The van der Waals surface area contributed by atoms with E-state index in [0.29, 0.717) is 5.54 Å². The second kappa shape index (κ2) is 4.73. The van der Waals surface area contributed by atoms with Crippen LogP contribution in [0.4, 0.5) is 0 Å². The van der Waals surface area contributed by atoms with E-state index in [-0.39, 0.29) is 0 Å². The normalized spacial score (nSPS) is 19.1. The molecule has 1 aliphatic rings. The maximum Gasteiger partial charge on any atom is 0.0646 e. The molecule has 1 fully saturated rings. The molecule has 1 aliphatic carbocycles. The first kappa shape index (κ1) is 10.9. The number of methoxy groups -OCH3 is 1. The number of rotatable bonds is 3. The molecule has 0 amide bonds. The predicted molar refractivity (Wildman–Crippen MR) is 48.9 cm³/mol. The maximum absolute atomic E-state index is 5.09. The Bertz CT molecular complexity index is 97.7. The lowest BCUT2D eigenvalue weighted by molar-refractivity contribution is 0.106. The van der Waals surface area contributed by atoms with Gasteiger partial charge in [-0.1, -0.05) is 13.8 Å². The molecule has 0 N–H and O–H groups in total. The third kappa shape index (κ3) is 2.80. The van der Waals surface area contributed by atoms with E-state index in [9.17, 15) is 0 Å². The van der Waals surface area contributed by atoms with Crippen LogP contribution in [0.1, 0.15) is 26.7 Å². The first-order valence-corrected chi connectivity index (χ1v) is 4.38. The second-order valence-electron chi connectivity index (χ2n) is 3.05. The van der Waals surface area contributed by atoms with Crippen LogP contribution in [0.5, 0.6) is 0 Å². The Kier molecular flexibility index (Phi) is 4.69. The summed E-state index contributed by atoms with van der Waals surface area (Å²) < 4.78 is 5.09. The number of likely N-dealkylation sites (N-methyl/N-ethyl adjacent to an activating group) is 1. The summed E-state index contributed by atoms with van der Waals surface area (Å²) in [6.07, 6.45) is 2.60. The van der Waals surface area contributed by atoms with Gasteiger partial charge in [-0.2, -0.15) is 0 Å². The van der Waals surface area contributed by atoms with Crippen LogP contribution in [-0.2, 0) is 4.74 Å². The van der Waals surface area contributed by atoms with Crippen LogP contribution in [0.15, 0.2) is 0 Å². The molecule has 0 bridgehead atoms. The van der Waals surface area contributed by atoms with Crippen LogP contribution in [-0.4, -0.2) is 38.3 Å². The standard InChI is InChI=1S/C7H15NO.C2H6/c1-8(2)7(4-5-7)6-9-3;1-2/h4-6H2,1-3H3;1-2H3. The minimum atomic E-state index is 0.411. The lowest BCUT2D eigenvalue weighted by atomic mass is 10.3. The van der Waals surface area contributed by atoms with Crippen molar-refractivity contribution in [1.29, 1.82) is 0 Å². The van der Waals surface area contributed by atoms with E-state index in [1.54, 1.807) is 7.11 Å². The molecule has 68 valence electrons. The van der Waals surface area contributed by atoms with Gasteiger partial charge < -0.3 is 9.64 Å². The molecule has 2 nitrogen and oxygen atoms in total. The van der Waals surface area contributed by atoms with E-state index in [1.807, 2.05) is 13.8 Å². The molecule has 0 aromatic rings. The Balaban J connectivity index is 0.000000461. The molecular formula is C9H21NO. The van der Waals surface area contributed by atoms with E-state index < -0.39 is 0 Å². The highest BCUT2D eigenvalue weighted by Gasteiger charge is 2.44. The van der Waals surface area contributed by atoms with Crippen LogP contribution in [0.3, 0.4) is 0 Å². The van der Waals surface area contributed by atoms with Crippen molar-refractivity contribution in [3.63, 3.8) is 0 Å². The Morgan fingerprint density at radius 1 is 1.27 bits per heavy atom. The molecule has 0 aromatic carbocycles. The Hall–Kier alpha value is -0.0800. The van der Waals surface area contributed by atoms with Crippen molar-refractivity contribution in [2.45, 2.75) is 32.2 Å². The van der Waals surface area contributed by atoms with Crippen molar-refractivity contribution in [1.82, 2.24) is 4.90 Å². The maximum atomic E-state index is 5.09. The molecule has 0 unspecified atom stereocenters. The molecule has 0 aromatic heterocycles. The van der Waals surface area contributed by atoms with Crippen molar-refractivity contribution in [3.05, 3.63) is 0 Å². The van der Waals surface area contributed by atoms with Crippen LogP contribution in [0, 0.1) is 0 Å². The Morgan fingerprint density at radius 2 is 1.73 bits per heavy atom. The lowest BCUT2D eigenvalue weighted by Gasteiger charge is -2.22. The van der Waals surface area contributed by atoms with E-state index in [4.69, 9.17) is 4.74 Å². The summed E-state index contributed by atoms with van der Waals surface area (Å²) in [7, 11) is 6.00. The summed E-state index contributed by atoms with van der Waals surface area (Å²) in [4.78, 5) is 2.26. The van der Waals surface area contributed by atoms with E-state index in [0.717, 1.165) is 6.61 Å². The number of ether oxygens (including phenoxy) is 1. The van der Waals surface area contributed by atoms with E-state index >= 15 is 0 Å². The second-order valence-corrected chi connectivity index (χ2v) is 3.05. The highest BCUT2D eigenvalue weighted by molar-refractivity contribution is 5.01. The summed E-state index contributed by atoms with van der Waals surface area (Å²) >= 11 is 0. The summed E-state index contributed by atoms with van der Waals surface area (Å²) in [5.74, 6) is 0. The predicted octanol–water partition coefficient (Wildman–Crippen LogP) is 1.75. The topological polar surface area (TPSA) is 12.5 Å². The molecule has 0 aliphatic heterocycles. The zero-order chi connectivity index (χ0) is 8.91. The number of nitrogens with zero attached hydrogens (tertiary/aromatic N) is 1. The van der Waals surface area contributed by atoms with Gasteiger partial charge in [0.1, 0.15) is 0 Å². The molecule has 1 rings (SSSR count). The van der Waals surface area contributed by atoms with Crippen molar-refractivity contribution >= 4 is 0 Å². The minimum absolute atomic E-state index is 0.411. The van der Waals surface area contributed by atoms with Gasteiger partial charge in [0.2, 0.25) is 0 Å². The van der Waals surface area contributed by atoms with Crippen molar-refractivity contribution in [2.24, 2.45) is 0 Å². The van der Waals surface area contributed by atoms with E-state index in [2.05, 4.69) is 19.0 Å². The highest BCUT2D eigenvalue weighted by atomic mass is 16.5. The van der Waals surface area contributed by atoms with Crippen LogP contribution < -0.4 is 0 Å². The largest absolute Gasteiger partial charge is 0.383 e. The fourth-order valence-corrected chi connectivity index (χ4v) is 1.13. The molecule has 0 heterocycles. The third-order valence-corrected chi connectivity index (χ3v) is 2.19. The van der Waals surface area contributed by atoms with Gasteiger partial charge in [0.05, 0.1) is 6.61 Å². The zero-order valence-electron chi connectivity index (χ0n) is 8.48.